The minimum absolute atomic E-state index is 0.109. The van der Waals surface area contributed by atoms with E-state index in [0.29, 0.717) is 28.4 Å². The first kappa shape index (κ1) is 20.2. The molecule has 5 nitrogen and oxygen atoms in total. The van der Waals surface area contributed by atoms with Gasteiger partial charge in [0.2, 0.25) is 0 Å². The van der Waals surface area contributed by atoms with Crippen LogP contribution in [0.2, 0.25) is 0 Å². The number of carbonyl (C=O) groups is 1. The van der Waals surface area contributed by atoms with Crippen molar-refractivity contribution in [2.45, 2.75) is 44.9 Å². The van der Waals surface area contributed by atoms with Gasteiger partial charge in [-0.3, -0.25) is 0 Å². The van der Waals surface area contributed by atoms with Gasteiger partial charge in [0.15, 0.2) is 10.6 Å². The largest absolute Gasteiger partial charge is 0.496 e. The van der Waals surface area contributed by atoms with E-state index in [0.717, 1.165) is 40.0 Å². The van der Waals surface area contributed by atoms with Gasteiger partial charge in [0.05, 0.1) is 12.7 Å². The lowest BCUT2D eigenvalue weighted by atomic mass is 9.83. The summed E-state index contributed by atoms with van der Waals surface area (Å²) in [5, 5.41) is 20.1. The van der Waals surface area contributed by atoms with Crippen LogP contribution in [0, 0.1) is 18.3 Å². The third-order valence-electron chi connectivity index (χ3n) is 5.77. The van der Waals surface area contributed by atoms with Gasteiger partial charge >= 0.3 is 5.97 Å². The van der Waals surface area contributed by atoms with Crippen LogP contribution < -0.4 is 9.47 Å². The summed E-state index contributed by atoms with van der Waals surface area (Å²) in [5.74, 6) is 0.709. The minimum Gasteiger partial charge on any atom is -0.496 e. The molecule has 6 heteroatoms. The van der Waals surface area contributed by atoms with Crippen molar-refractivity contribution in [2.24, 2.45) is 0 Å². The second-order valence-electron chi connectivity index (χ2n) is 7.69. The number of fused-ring (bicyclic) bond motifs is 1. The van der Waals surface area contributed by atoms with Crippen molar-refractivity contribution in [1.82, 2.24) is 0 Å². The van der Waals surface area contributed by atoms with Gasteiger partial charge in [-0.05, 0) is 61.1 Å². The number of methoxy groups -OCH3 is 1. The first-order valence-electron chi connectivity index (χ1n) is 10.1. The van der Waals surface area contributed by atoms with Crippen molar-refractivity contribution in [1.29, 1.82) is 5.26 Å². The highest BCUT2D eigenvalue weighted by Crippen LogP contribution is 2.44. The maximum atomic E-state index is 11.9. The van der Waals surface area contributed by atoms with Gasteiger partial charge in [0, 0.05) is 10.1 Å². The number of aromatic carboxylic acids is 1. The summed E-state index contributed by atoms with van der Waals surface area (Å²) < 4.78 is 12.3. The number of thiophene rings is 1. The Balaban J connectivity index is 1.77. The molecular weight excluding hydrogens is 398 g/mol. The van der Waals surface area contributed by atoms with Gasteiger partial charge < -0.3 is 14.6 Å². The van der Waals surface area contributed by atoms with Crippen LogP contribution in [-0.4, -0.2) is 18.2 Å². The van der Waals surface area contributed by atoms with Crippen LogP contribution in [0.4, 0.5) is 0 Å². The number of hydrogen-bond donors (Lipinski definition) is 1. The molecule has 0 saturated heterocycles. The number of nitriles is 1. The normalized spacial score (nSPS) is 14.4. The standard InChI is InChI=1S/C24H23NO4S/c1-14-10-21-18(12-20(14)28-2)22(23(30-21)24(26)27)29-19-9-8-16(11-17(19)13-25)15-6-4-3-5-7-15/h8-12,15H,3-7H2,1-2H3,(H,26,27). The fraction of sp³-hybridized carbons (Fsp3) is 0.333. The maximum absolute atomic E-state index is 11.9. The van der Waals surface area contributed by atoms with Gasteiger partial charge in [-0.1, -0.05) is 25.3 Å². The monoisotopic (exact) mass is 421 g/mol. The Morgan fingerprint density at radius 2 is 1.93 bits per heavy atom. The molecule has 154 valence electrons. The SMILES string of the molecule is COc1cc2c(Oc3ccc(C4CCCCC4)cc3C#N)c(C(=O)O)sc2cc1C. The van der Waals surface area contributed by atoms with Crippen molar-refractivity contribution in [2.75, 3.05) is 7.11 Å². The Hall–Kier alpha value is -3.04. The molecule has 1 saturated carbocycles. The molecule has 0 unspecified atom stereocenters. The first-order chi connectivity index (χ1) is 14.5. The molecule has 1 fully saturated rings. The highest BCUT2D eigenvalue weighted by atomic mass is 32.1. The van der Waals surface area contributed by atoms with Crippen molar-refractivity contribution in [3.63, 3.8) is 0 Å². The average molecular weight is 422 g/mol. The lowest BCUT2D eigenvalue weighted by Crippen LogP contribution is -2.05. The predicted molar refractivity (Wildman–Crippen MR) is 117 cm³/mol. The molecule has 1 heterocycles. The zero-order valence-corrected chi connectivity index (χ0v) is 17.8. The van der Waals surface area contributed by atoms with E-state index in [2.05, 4.69) is 6.07 Å². The first-order valence-corrected chi connectivity index (χ1v) is 10.9. The summed E-state index contributed by atoms with van der Waals surface area (Å²) in [6.07, 6.45) is 5.99. The zero-order valence-electron chi connectivity index (χ0n) is 17.0. The molecule has 0 atom stereocenters. The smallest absolute Gasteiger partial charge is 0.349 e. The molecule has 1 aliphatic rings. The number of rotatable bonds is 5. The molecule has 1 aliphatic carbocycles. The predicted octanol–water partition coefficient (Wildman–Crippen LogP) is 6.63. The molecule has 0 amide bonds. The lowest BCUT2D eigenvalue weighted by molar-refractivity contribution is 0.0700. The summed E-state index contributed by atoms with van der Waals surface area (Å²) >= 11 is 1.16. The number of nitrogens with zero attached hydrogens (tertiary/aromatic N) is 1. The third-order valence-corrected chi connectivity index (χ3v) is 6.89. The highest BCUT2D eigenvalue weighted by molar-refractivity contribution is 7.21. The second kappa shape index (κ2) is 8.37. The molecular formula is C24H23NO4S. The van der Waals surface area contributed by atoms with E-state index < -0.39 is 5.97 Å². The highest BCUT2D eigenvalue weighted by Gasteiger charge is 2.23. The van der Waals surface area contributed by atoms with Gasteiger partial charge in [-0.15, -0.1) is 11.3 Å². The molecule has 1 N–H and O–H groups in total. The van der Waals surface area contributed by atoms with Crippen LogP contribution in [0.15, 0.2) is 30.3 Å². The number of hydrogen-bond acceptors (Lipinski definition) is 5. The minimum atomic E-state index is -1.06. The maximum Gasteiger partial charge on any atom is 0.349 e. The number of aryl methyl sites for hydroxylation is 1. The van der Waals surface area contributed by atoms with E-state index in [1.165, 1.54) is 19.3 Å². The van der Waals surface area contributed by atoms with Crippen molar-refractivity contribution in [3.05, 3.63) is 51.9 Å². The Morgan fingerprint density at radius 1 is 1.17 bits per heavy atom. The van der Waals surface area contributed by atoms with Gasteiger partial charge in [0.25, 0.3) is 0 Å². The van der Waals surface area contributed by atoms with Gasteiger partial charge in [-0.2, -0.15) is 5.26 Å². The van der Waals surface area contributed by atoms with Gasteiger partial charge in [-0.25, -0.2) is 4.79 Å². The van der Waals surface area contributed by atoms with E-state index in [1.54, 1.807) is 19.2 Å². The molecule has 0 bridgehead atoms. The number of carboxylic acid groups (broad SMARTS) is 1. The fourth-order valence-electron chi connectivity index (χ4n) is 4.19. The van der Waals surface area contributed by atoms with E-state index in [9.17, 15) is 15.2 Å². The van der Waals surface area contributed by atoms with E-state index in [1.807, 2.05) is 25.1 Å². The number of ether oxygens (including phenoxy) is 2. The molecule has 30 heavy (non-hydrogen) atoms. The van der Waals surface area contributed by atoms with Gasteiger partial charge in [0.1, 0.15) is 17.6 Å². The molecule has 3 aromatic rings. The van der Waals surface area contributed by atoms with E-state index >= 15 is 0 Å². The van der Waals surface area contributed by atoms with Crippen LogP contribution in [0.1, 0.15) is 64.4 Å². The van der Waals surface area contributed by atoms with Crippen LogP contribution >= 0.6 is 11.3 Å². The van der Waals surface area contributed by atoms with Crippen molar-refractivity contribution in [3.8, 4) is 23.3 Å². The lowest BCUT2D eigenvalue weighted by Gasteiger charge is -2.22. The van der Waals surface area contributed by atoms with Crippen LogP contribution in [0.5, 0.6) is 17.2 Å². The van der Waals surface area contributed by atoms with Crippen LogP contribution in [0.3, 0.4) is 0 Å². The summed E-state index contributed by atoms with van der Waals surface area (Å²) in [7, 11) is 1.58. The molecule has 4 rings (SSSR count). The Kier molecular flexibility index (Phi) is 5.65. The van der Waals surface area contributed by atoms with Crippen molar-refractivity contribution < 1.29 is 19.4 Å². The molecule has 2 aromatic carbocycles. The summed E-state index contributed by atoms with van der Waals surface area (Å²) in [5.41, 5.74) is 2.50. The third kappa shape index (κ3) is 3.73. The number of benzene rings is 2. The van der Waals surface area contributed by atoms with E-state index in [4.69, 9.17) is 9.47 Å². The average Bonchev–Trinajstić information content (AvgIpc) is 3.11. The Morgan fingerprint density at radius 3 is 2.60 bits per heavy atom. The fourth-order valence-corrected chi connectivity index (χ4v) is 5.24. The second-order valence-corrected chi connectivity index (χ2v) is 8.74. The van der Waals surface area contributed by atoms with Crippen LogP contribution in [-0.2, 0) is 0 Å². The van der Waals surface area contributed by atoms with Crippen molar-refractivity contribution >= 4 is 27.4 Å². The Bertz CT molecular complexity index is 1150. The quantitative estimate of drug-likeness (QED) is 0.500. The van der Waals surface area contributed by atoms with E-state index in [-0.39, 0.29) is 10.6 Å². The summed E-state index contributed by atoms with van der Waals surface area (Å²) in [6.45, 7) is 1.91. The summed E-state index contributed by atoms with van der Waals surface area (Å²) in [4.78, 5) is 12.0. The molecule has 0 radical (unpaired) electrons. The molecule has 0 spiro atoms. The topological polar surface area (TPSA) is 79.5 Å². The molecule has 1 aromatic heterocycles. The van der Waals surface area contributed by atoms with Crippen LogP contribution in [0.25, 0.3) is 10.1 Å². The Labute approximate surface area is 179 Å². The summed E-state index contributed by atoms with van der Waals surface area (Å²) in [6, 6.07) is 11.6. The zero-order chi connectivity index (χ0) is 21.3. The number of carboxylic acids is 1. The molecule has 0 aliphatic heterocycles.